The zero-order valence-electron chi connectivity index (χ0n) is 22.5. The number of esters is 3. The Hall–Kier alpha value is -3.84. The topological polar surface area (TPSA) is 135 Å². The highest BCUT2D eigenvalue weighted by atomic mass is 35.5. The average molecular weight is 588 g/mol. The Balaban J connectivity index is 1.34. The minimum atomic E-state index is -1.11. The maximum atomic E-state index is 14.8. The maximum absolute atomic E-state index is 14.8. The third kappa shape index (κ3) is 4.76. The second-order valence-corrected chi connectivity index (χ2v) is 10.9. The molecule has 2 saturated heterocycles. The van der Waals surface area contributed by atoms with Gasteiger partial charge in [-0.1, -0.05) is 12.1 Å². The van der Waals surface area contributed by atoms with Gasteiger partial charge in [0.15, 0.2) is 35.4 Å². The lowest BCUT2D eigenvalue weighted by molar-refractivity contribution is -0.166. The SMILES string of the molecule is CC(=O)OC[C@H]1O[C@@H](n2cnc3c(N4CC5(CCc6cccc(F)c65)C4)nc(Cl)nc32)C(OC(C)=O)[C@H]1OC(C)=O. The summed E-state index contributed by atoms with van der Waals surface area (Å²) in [6.45, 7) is 4.48. The summed E-state index contributed by atoms with van der Waals surface area (Å²) in [5.41, 5.74) is 2.17. The molecule has 0 radical (unpaired) electrons. The Morgan fingerprint density at radius 2 is 1.83 bits per heavy atom. The van der Waals surface area contributed by atoms with Gasteiger partial charge in [0.2, 0.25) is 5.28 Å². The number of anilines is 1. The number of hydrogen-bond acceptors (Lipinski definition) is 11. The number of nitrogens with zero attached hydrogens (tertiary/aromatic N) is 5. The number of carbonyl (C=O) groups excluding carboxylic acids is 3. The normalized spacial score (nSPS) is 24.3. The first-order valence-electron chi connectivity index (χ1n) is 13.1. The predicted octanol–water partition coefficient (Wildman–Crippen LogP) is 2.65. The molecule has 0 N–H and O–H groups in total. The molecular weight excluding hydrogens is 561 g/mol. The number of carbonyl (C=O) groups is 3. The summed E-state index contributed by atoms with van der Waals surface area (Å²) in [6.07, 6.45) is -1.11. The summed E-state index contributed by atoms with van der Waals surface area (Å²) < 4.78 is 38.6. The van der Waals surface area contributed by atoms with Crippen molar-refractivity contribution in [2.24, 2.45) is 0 Å². The number of benzene rings is 1. The van der Waals surface area contributed by atoms with E-state index in [1.807, 2.05) is 11.0 Å². The fourth-order valence-electron chi connectivity index (χ4n) is 6.22. The molecule has 12 nitrogen and oxygen atoms in total. The second kappa shape index (κ2) is 10.2. The van der Waals surface area contributed by atoms with E-state index < -0.39 is 42.4 Å². The van der Waals surface area contributed by atoms with Crippen LogP contribution in [0.1, 0.15) is 44.5 Å². The van der Waals surface area contributed by atoms with Crippen LogP contribution in [-0.2, 0) is 45.2 Å². The smallest absolute Gasteiger partial charge is 0.303 e. The van der Waals surface area contributed by atoms with Crippen LogP contribution >= 0.6 is 11.6 Å². The summed E-state index contributed by atoms with van der Waals surface area (Å²) in [6, 6.07) is 5.20. The first-order chi connectivity index (χ1) is 19.6. The maximum Gasteiger partial charge on any atom is 0.303 e. The molecule has 1 aliphatic carbocycles. The molecule has 0 saturated carbocycles. The summed E-state index contributed by atoms with van der Waals surface area (Å²) >= 11 is 6.37. The molecular formula is C27H27ClFN5O7. The highest BCUT2D eigenvalue weighted by molar-refractivity contribution is 6.28. The van der Waals surface area contributed by atoms with Gasteiger partial charge in [0.05, 0.1) is 6.33 Å². The number of rotatable bonds is 6. The lowest BCUT2D eigenvalue weighted by atomic mass is 9.74. The summed E-state index contributed by atoms with van der Waals surface area (Å²) in [5, 5.41) is -0.0526. The van der Waals surface area contributed by atoms with E-state index in [1.165, 1.54) is 37.7 Å². The van der Waals surface area contributed by atoms with Gasteiger partial charge >= 0.3 is 17.9 Å². The average Bonchev–Trinajstić information content (AvgIpc) is 3.56. The van der Waals surface area contributed by atoms with Crippen molar-refractivity contribution in [3.8, 4) is 0 Å². The van der Waals surface area contributed by atoms with Crippen molar-refractivity contribution < 1.29 is 37.7 Å². The molecule has 1 spiro atoms. The van der Waals surface area contributed by atoms with Crippen molar-refractivity contribution in [1.82, 2.24) is 19.5 Å². The van der Waals surface area contributed by atoms with Crippen LogP contribution in [0.5, 0.6) is 0 Å². The van der Waals surface area contributed by atoms with E-state index in [0.717, 1.165) is 24.0 Å². The van der Waals surface area contributed by atoms with Crippen LogP contribution in [0.4, 0.5) is 10.2 Å². The highest BCUT2D eigenvalue weighted by Crippen LogP contribution is 2.48. The Kier molecular flexibility index (Phi) is 6.81. The van der Waals surface area contributed by atoms with Crippen molar-refractivity contribution in [3.05, 3.63) is 46.8 Å². The van der Waals surface area contributed by atoms with Gasteiger partial charge in [-0.2, -0.15) is 9.97 Å². The number of fused-ring (bicyclic) bond motifs is 3. The zero-order chi connectivity index (χ0) is 29.1. The largest absolute Gasteiger partial charge is 0.463 e. The standard InChI is InChI=1S/C27H27ClFN5O7/c1-13(35)38-9-18-21(39-14(2)36)22(40-15(3)37)25(41-18)34-12-30-20-23(31-26(28)32-24(20)34)33-10-27(11-33)8-7-16-5-4-6-17(29)19(16)27/h4-6,12,18,21-22,25H,7-11H2,1-3H3/t18-,21+,22?,25-/m1/s1. The number of halogens is 2. The van der Waals surface area contributed by atoms with E-state index in [4.69, 9.17) is 30.5 Å². The Labute approximate surface area is 238 Å². The van der Waals surface area contributed by atoms with E-state index in [-0.39, 0.29) is 28.8 Å². The highest BCUT2D eigenvalue weighted by Gasteiger charge is 2.53. The summed E-state index contributed by atoms with van der Waals surface area (Å²) in [5.74, 6) is -1.55. The fraction of sp³-hybridized carbons (Fsp3) is 0.481. The number of ether oxygens (including phenoxy) is 4. The minimum Gasteiger partial charge on any atom is -0.463 e. The molecule has 2 fully saturated rings. The molecule has 1 unspecified atom stereocenters. The monoisotopic (exact) mass is 587 g/mol. The molecule has 2 aliphatic heterocycles. The van der Waals surface area contributed by atoms with Gasteiger partial charge in [-0.3, -0.25) is 19.0 Å². The quantitative estimate of drug-likeness (QED) is 0.239. The number of aryl methyl sites for hydroxylation is 1. The van der Waals surface area contributed by atoms with Crippen molar-refractivity contribution >= 4 is 46.5 Å². The van der Waals surface area contributed by atoms with Gasteiger partial charge in [0.25, 0.3) is 0 Å². The van der Waals surface area contributed by atoms with Gasteiger partial charge in [-0.25, -0.2) is 9.37 Å². The summed E-state index contributed by atoms with van der Waals surface area (Å²) in [4.78, 5) is 50.8. The van der Waals surface area contributed by atoms with E-state index in [9.17, 15) is 18.8 Å². The molecule has 0 bridgehead atoms. The van der Waals surface area contributed by atoms with Gasteiger partial charge in [0.1, 0.15) is 18.5 Å². The third-order valence-corrected chi connectivity index (χ3v) is 7.95. The molecule has 1 aromatic carbocycles. The van der Waals surface area contributed by atoms with Gasteiger partial charge in [0, 0.05) is 44.8 Å². The Bertz CT molecular complexity index is 1560. The van der Waals surface area contributed by atoms with E-state index in [0.29, 0.717) is 24.4 Å². The molecule has 0 amide bonds. The van der Waals surface area contributed by atoms with Gasteiger partial charge < -0.3 is 23.8 Å². The van der Waals surface area contributed by atoms with E-state index in [1.54, 1.807) is 6.07 Å². The molecule has 3 aromatic rings. The fourth-order valence-corrected chi connectivity index (χ4v) is 6.38. The molecule has 4 heterocycles. The van der Waals surface area contributed by atoms with Gasteiger partial charge in [-0.05, 0) is 36.1 Å². The number of aromatic nitrogens is 4. The van der Waals surface area contributed by atoms with Gasteiger partial charge in [-0.15, -0.1) is 0 Å². The van der Waals surface area contributed by atoms with Crippen molar-refractivity contribution in [3.63, 3.8) is 0 Å². The van der Waals surface area contributed by atoms with Crippen LogP contribution in [0.25, 0.3) is 11.2 Å². The van der Waals surface area contributed by atoms with Crippen LogP contribution in [-0.4, -0.2) is 75.4 Å². The first-order valence-corrected chi connectivity index (χ1v) is 13.5. The lowest BCUT2D eigenvalue weighted by Crippen LogP contribution is -2.59. The van der Waals surface area contributed by atoms with Crippen molar-refractivity contribution in [1.29, 1.82) is 0 Å². The van der Waals surface area contributed by atoms with Crippen LogP contribution < -0.4 is 4.90 Å². The molecule has 41 heavy (non-hydrogen) atoms. The van der Waals surface area contributed by atoms with Crippen molar-refractivity contribution in [2.45, 2.75) is 63.6 Å². The van der Waals surface area contributed by atoms with E-state index >= 15 is 0 Å². The molecule has 216 valence electrons. The second-order valence-electron chi connectivity index (χ2n) is 10.6. The number of hydrogen-bond donors (Lipinski definition) is 0. The molecule has 3 aliphatic rings. The van der Waals surface area contributed by atoms with Crippen LogP contribution in [0.3, 0.4) is 0 Å². The van der Waals surface area contributed by atoms with Crippen molar-refractivity contribution in [2.75, 3.05) is 24.6 Å². The Morgan fingerprint density at radius 1 is 1.10 bits per heavy atom. The molecule has 14 heteroatoms. The first kappa shape index (κ1) is 27.3. The van der Waals surface area contributed by atoms with Crippen LogP contribution in [0.2, 0.25) is 5.28 Å². The minimum absolute atomic E-state index is 0.0526. The summed E-state index contributed by atoms with van der Waals surface area (Å²) in [7, 11) is 0. The third-order valence-electron chi connectivity index (χ3n) is 7.78. The molecule has 4 atom stereocenters. The number of imidazole rings is 1. The molecule has 2 aromatic heterocycles. The zero-order valence-corrected chi connectivity index (χ0v) is 23.3. The van der Waals surface area contributed by atoms with Crippen LogP contribution in [0, 0.1) is 5.82 Å². The Morgan fingerprint density at radius 3 is 2.54 bits per heavy atom. The van der Waals surface area contributed by atoms with Crippen LogP contribution in [0.15, 0.2) is 24.5 Å². The van der Waals surface area contributed by atoms with E-state index in [2.05, 4.69) is 15.0 Å². The predicted molar refractivity (Wildman–Crippen MR) is 141 cm³/mol. The molecule has 6 rings (SSSR count). The lowest BCUT2D eigenvalue weighted by Gasteiger charge is -2.49.